The van der Waals surface area contributed by atoms with Crippen LogP contribution in [0, 0.1) is 11.3 Å². The average molecular weight is 418 g/mol. The molecule has 2 heterocycles. The van der Waals surface area contributed by atoms with Gasteiger partial charge in [0.1, 0.15) is 5.76 Å². The van der Waals surface area contributed by atoms with Gasteiger partial charge in [-0.2, -0.15) is 0 Å². The number of hydrogen-bond donors (Lipinski definition) is 1. The standard InChI is InChI=1S/C23H35N3O4/c1-21(2,3)19-24-14-17(30-19)15-12-23(13-15)6-8-26(9-7-23)18(27)16-10-22(4,11-16)25-20(28)29-5/h14-16H,6-13H2,1-5H3,(H,25,28)/t16-,22+. The molecule has 1 aromatic heterocycles. The number of carbonyl (C=O) groups excluding carboxylic acids is 2. The Bertz CT molecular complexity index is 803. The van der Waals surface area contributed by atoms with E-state index in [2.05, 4.69) is 35.8 Å². The van der Waals surface area contributed by atoms with Gasteiger partial charge in [0.25, 0.3) is 0 Å². The Morgan fingerprint density at radius 1 is 1.20 bits per heavy atom. The van der Waals surface area contributed by atoms with Crippen molar-refractivity contribution in [3.63, 3.8) is 0 Å². The number of alkyl carbamates (subject to hydrolysis) is 1. The molecule has 2 aliphatic carbocycles. The van der Waals surface area contributed by atoms with E-state index >= 15 is 0 Å². The number of carbonyl (C=O) groups is 2. The van der Waals surface area contributed by atoms with Gasteiger partial charge < -0.3 is 19.4 Å². The fraction of sp³-hybridized carbons (Fsp3) is 0.783. The quantitative estimate of drug-likeness (QED) is 0.804. The smallest absolute Gasteiger partial charge is 0.407 e. The van der Waals surface area contributed by atoms with Crippen molar-refractivity contribution in [1.82, 2.24) is 15.2 Å². The molecular formula is C23H35N3O4. The maximum atomic E-state index is 12.9. The Balaban J connectivity index is 1.24. The molecule has 7 nitrogen and oxygen atoms in total. The highest BCUT2D eigenvalue weighted by atomic mass is 16.5. The van der Waals surface area contributed by atoms with Gasteiger partial charge in [-0.05, 0) is 50.9 Å². The third-order valence-corrected chi connectivity index (χ3v) is 7.39. The lowest BCUT2D eigenvalue weighted by atomic mass is 9.57. The highest BCUT2D eigenvalue weighted by molar-refractivity contribution is 5.81. The maximum absolute atomic E-state index is 12.9. The van der Waals surface area contributed by atoms with Crippen LogP contribution in [0.3, 0.4) is 0 Å². The molecule has 1 saturated heterocycles. The molecule has 0 atom stereocenters. The van der Waals surface area contributed by atoms with Gasteiger partial charge in [0.15, 0.2) is 5.89 Å². The number of nitrogens with zero attached hydrogens (tertiary/aromatic N) is 2. The number of aromatic nitrogens is 1. The lowest BCUT2D eigenvalue weighted by Crippen LogP contribution is -2.59. The Morgan fingerprint density at radius 3 is 2.37 bits per heavy atom. The number of oxazole rings is 1. The van der Waals surface area contributed by atoms with Gasteiger partial charge in [0.05, 0.1) is 13.3 Å². The van der Waals surface area contributed by atoms with Crippen LogP contribution in [0.5, 0.6) is 0 Å². The van der Waals surface area contributed by atoms with E-state index in [9.17, 15) is 9.59 Å². The monoisotopic (exact) mass is 417 g/mol. The predicted molar refractivity (Wildman–Crippen MR) is 112 cm³/mol. The van der Waals surface area contributed by atoms with Crippen LogP contribution < -0.4 is 5.32 Å². The summed E-state index contributed by atoms with van der Waals surface area (Å²) in [7, 11) is 1.36. The molecule has 30 heavy (non-hydrogen) atoms. The van der Waals surface area contributed by atoms with Crippen molar-refractivity contribution in [1.29, 1.82) is 0 Å². The maximum Gasteiger partial charge on any atom is 0.407 e. The second-order valence-corrected chi connectivity index (χ2v) is 11.0. The number of rotatable bonds is 3. The van der Waals surface area contributed by atoms with E-state index in [-0.39, 0.29) is 22.8 Å². The molecule has 0 radical (unpaired) electrons. The molecule has 1 spiro atoms. The summed E-state index contributed by atoms with van der Waals surface area (Å²) in [6, 6.07) is 0. The van der Waals surface area contributed by atoms with Crippen LogP contribution in [-0.2, 0) is 14.9 Å². The van der Waals surface area contributed by atoms with E-state index in [0.717, 1.165) is 50.4 Å². The summed E-state index contributed by atoms with van der Waals surface area (Å²) in [6.45, 7) is 10.0. The molecule has 166 valence electrons. The Kier molecular flexibility index (Phi) is 5.14. The Labute approximate surface area is 178 Å². The Hall–Kier alpha value is -2.05. The molecule has 4 rings (SSSR count). The molecule has 1 aromatic rings. The summed E-state index contributed by atoms with van der Waals surface area (Å²) in [5.41, 5.74) is -0.0271. The molecule has 7 heteroatoms. The molecular weight excluding hydrogens is 382 g/mol. The number of amides is 2. The summed E-state index contributed by atoms with van der Waals surface area (Å²) < 4.78 is 10.7. The first-order chi connectivity index (χ1) is 14.0. The van der Waals surface area contributed by atoms with Crippen molar-refractivity contribution in [3.8, 4) is 0 Å². The third kappa shape index (κ3) is 3.95. The number of nitrogens with one attached hydrogen (secondary N) is 1. The van der Waals surface area contributed by atoms with Crippen molar-refractivity contribution in [2.24, 2.45) is 11.3 Å². The zero-order valence-corrected chi connectivity index (χ0v) is 18.9. The van der Waals surface area contributed by atoms with Gasteiger partial charge in [-0.15, -0.1) is 0 Å². The van der Waals surface area contributed by atoms with Crippen LogP contribution >= 0.6 is 0 Å². The molecule has 0 aromatic carbocycles. The summed E-state index contributed by atoms with van der Waals surface area (Å²) in [6.07, 6.45) is 7.27. The summed E-state index contributed by atoms with van der Waals surface area (Å²) in [4.78, 5) is 30.8. The predicted octanol–water partition coefficient (Wildman–Crippen LogP) is 3.98. The largest absolute Gasteiger partial charge is 0.453 e. The number of likely N-dealkylation sites (tertiary alicyclic amines) is 1. The number of ether oxygens (including phenoxy) is 1. The summed E-state index contributed by atoms with van der Waals surface area (Å²) in [5.74, 6) is 2.56. The van der Waals surface area contributed by atoms with Gasteiger partial charge in [-0.1, -0.05) is 20.8 Å². The number of piperidine rings is 1. The van der Waals surface area contributed by atoms with Gasteiger partial charge in [0.2, 0.25) is 5.91 Å². The van der Waals surface area contributed by atoms with E-state index in [0.29, 0.717) is 24.2 Å². The van der Waals surface area contributed by atoms with Crippen LogP contribution in [0.1, 0.15) is 83.8 Å². The summed E-state index contributed by atoms with van der Waals surface area (Å²) in [5, 5.41) is 2.85. The second kappa shape index (κ2) is 7.27. The van der Waals surface area contributed by atoms with Gasteiger partial charge in [-0.3, -0.25) is 4.79 Å². The normalized spacial score (nSPS) is 28.6. The van der Waals surface area contributed by atoms with Crippen molar-refractivity contribution in [2.75, 3.05) is 20.2 Å². The number of hydrogen-bond acceptors (Lipinski definition) is 5. The Morgan fingerprint density at radius 2 is 1.83 bits per heavy atom. The van der Waals surface area contributed by atoms with E-state index in [1.807, 2.05) is 18.0 Å². The van der Waals surface area contributed by atoms with Crippen LogP contribution in [0.2, 0.25) is 0 Å². The van der Waals surface area contributed by atoms with Crippen LogP contribution in [-0.4, -0.2) is 47.6 Å². The van der Waals surface area contributed by atoms with Crippen molar-refractivity contribution in [2.45, 2.75) is 83.1 Å². The second-order valence-electron chi connectivity index (χ2n) is 11.0. The van der Waals surface area contributed by atoms with Crippen LogP contribution in [0.15, 0.2) is 10.6 Å². The first kappa shape index (κ1) is 21.2. The highest BCUT2D eigenvalue weighted by Gasteiger charge is 2.50. The third-order valence-electron chi connectivity index (χ3n) is 7.39. The zero-order chi connectivity index (χ0) is 21.7. The minimum Gasteiger partial charge on any atom is -0.453 e. The highest BCUT2D eigenvalue weighted by Crippen LogP contribution is 2.57. The van der Waals surface area contributed by atoms with Crippen molar-refractivity contribution in [3.05, 3.63) is 17.8 Å². The molecule has 3 fully saturated rings. The fourth-order valence-corrected chi connectivity index (χ4v) is 5.48. The van der Waals surface area contributed by atoms with E-state index in [1.165, 1.54) is 7.11 Å². The fourth-order valence-electron chi connectivity index (χ4n) is 5.48. The zero-order valence-electron chi connectivity index (χ0n) is 18.9. The molecule has 1 aliphatic heterocycles. The van der Waals surface area contributed by atoms with E-state index in [4.69, 9.17) is 4.42 Å². The van der Waals surface area contributed by atoms with E-state index in [1.54, 1.807) is 0 Å². The number of methoxy groups -OCH3 is 1. The first-order valence-electron chi connectivity index (χ1n) is 11.1. The molecule has 0 bridgehead atoms. The molecule has 1 N–H and O–H groups in total. The lowest BCUT2D eigenvalue weighted by Gasteiger charge is -2.53. The molecule has 2 amide bonds. The minimum absolute atomic E-state index is 0.0142. The van der Waals surface area contributed by atoms with Gasteiger partial charge in [0, 0.05) is 35.9 Å². The van der Waals surface area contributed by atoms with E-state index < -0.39 is 6.09 Å². The first-order valence-corrected chi connectivity index (χ1v) is 11.1. The molecule has 3 aliphatic rings. The minimum atomic E-state index is -0.427. The van der Waals surface area contributed by atoms with Crippen molar-refractivity contribution < 1.29 is 18.7 Å². The summed E-state index contributed by atoms with van der Waals surface area (Å²) >= 11 is 0. The SMILES string of the molecule is COC(=O)N[C@]1(C)C[C@H](C(=O)N2CCC3(CC2)CC(c2cnc(C(C)(C)C)o2)C3)C1. The van der Waals surface area contributed by atoms with Crippen molar-refractivity contribution >= 4 is 12.0 Å². The lowest BCUT2D eigenvalue weighted by molar-refractivity contribution is -0.144. The van der Waals surface area contributed by atoms with Crippen LogP contribution in [0.4, 0.5) is 4.79 Å². The average Bonchev–Trinajstić information content (AvgIpc) is 3.13. The molecule has 0 unspecified atom stereocenters. The van der Waals surface area contributed by atoms with Crippen LogP contribution in [0.25, 0.3) is 0 Å². The van der Waals surface area contributed by atoms with Gasteiger partial charge in [-0.25, -0.2) is 9.78 Å². The molecule has 2 saturated carbocycles. The topological polar surface area (TPSA) is 84.7 Å². The van der Waals surface area contributed by atoms with Gasteiger partial charge >= 0.3 is 6.09 Å².